The Labute approximate surface area is 335 Å². The summed E-state index contributed by atoms with van der Waals surface area (Å²) < 4.78 is 7.50. The molecule has 0 radical (unpaired) electrons. The zero-order chi connectivity index (χ0) is 37.5. The van der Waals surface area contributed by atoms with Gasteiger partial charge in [-0.3, -0.25) is 0 Å². The molecule has 0 aliphatic heterocycles. The zero-order valence-electron chi connectivity index (χ0n) is 30.4. The van der Waals surface area contributed by atoms with Crippen LogP contribution in [0.2, 0.25) is 0 Å². The van der Waals surface area contributed by atoms with Gasteiger partial charge in [0.15, 0.2) is 17.5 Å². The summed E-state index contributed by atoms with van der Waals surface area (Å²) in [6.45, 7) is 0. The molecule has 57 heavy (non-hydrogen) atoms. The molecule has 12 rings (SSSR count). The average Bonchev–Trinajstić information content (AvgIpc) is 3.96. The van der Waals surface area contributed by atoms with Crippen molar-refractivity contribution in [1.29, 1.82) is 0 Å². The van der Waals surface area contributed by atoms with Gasteiger partial charge in [-0.25, -0.2) is 15.0 Å². The number of aromatic nitrogens is 4. The third kappa shape index (κ3) is 5.08. The molecule has 0 atom stereocenters. The number of benzene rings is 8. The summed E-state index contributed by atoms with van der Waals surface area (Å²) in [5.74, 6) is 1.99. The van der Waals surface area contributed by atoms with Crippen molar-refractivity contribution in [3.8, 4) is 51.0 Å². The molecule has 4 nitrogen and oxygen atoms in total. The Hall–Kier alpha value is -6.99. The normalized spacial score (nSPS) is 11.9. The minimum absolute atomic E-state index is 0.663. The molecular formula is C51H30N4S2. The van der Waals surface area contributed by atoms with Gasteiger partial charge in [0.05, 0.1) is 16.7 Å². The predicted octanol–water partition coefficient (Wildman–Crippen LogP) is 14.4. The summed E-state index contributed by atoms with van der Waals surface area (Å²) in [6, 6.07) is 64.8. The number of nitrogens with zero attached hydrogens (tertiary/aromatic N) is 4. The van der Waals surface area contributed by atoms with Crippen LogP contribution in [0.1, 0.15) is 0 Å². The van der Waals surface area contributed by atoms with Crippen molar-refractivity contribution in [2.45, 2.75) is 0 Å². The smallest absolute Gasteiger partial charge is 0.164 e. The maximum absolute atomic E-state index is 5.02. The third-order valence-electron chi connectivity index (χ3n) is 11.1. The van der Waals surface area contributed by atoms with Gasteiger partial charge in [0, 0.05) is 73.4 Å². The van der Waals surface area contributed by atoms with Crippen LogP contribution in [0.4, 0.5) is 0 Å². The first-order valence-electron chi connectivity index (χ1n) is 19.0. The summed E-state index contributed by atoms with van der Waals surface area (Å²) in [4.78, 5) is 15.0. The second-order valence-electron chi connectivity index (χ2n) is 14.3. The van der Waals surface area contributed by atoms with Gasteiger partial charge in [0.25, 0.3) is 0 Å². The van der Waals surface area contributed by atoms with Crippen LogP contribution >= 0.6 is 22.7 Å². The second-order valence-corrected chi connectivity index (χ2v) is 16.5. The topological polar surface area (TPSA) is 43.6 Å². The average molecular weight is 763 g/mol. The van der Waals surface area contributed by atoms with Gasteiger partial charge in [-0.15, -0.1) is 22.7 Å². The number of thiophene rings is 2. The highest BCUT2D eigenvalue weighted by Crippen LogP contribution is 2.47. The van der Waals surface area contributed by atoms with Crippen LogP contribution in [-0.2, 0) is 0 Å². The fraction of sp³-hybridized carbons (Fsp3) is 0. The largest absolute Gasteiger partial charge is 0.309 e. The maximum atomic E-state index is 5.02. The van der Waals surface area contributed by atoms with Crippen molar-refractivity contribution in [2.75, 3.05) is 0 Å². The quantitative estimate of drug-likeness (QED) is 0.175. The van der Waals surface area contributed by atoms with E-state index in [1.165, 1.54) is 79.0 Å². The summed E-state index contributed by atoms with van der Waals surface area (Å²) >= 11 is 3.71. The summed E-state index contributed by atoms with van der Waals surface area (Å²) in [6.07, 6.45) is 0. The molecule has 0 spiro atoms. The van der Waals surface area contributed by atoms with Crippen molar-refractivity contribution in [1.82, 2.24) is 19.5 Å². The van der Waals surface area contributed by atoms with Crippen LogP contribution in [0.3, 0.4) is 0 Å². The van der Waals surface area contributed by atoms with E-state index < -0.39 is 0 Å². The molecule has 0 saturated carbocycles. The first-order valence-corrected chi connectivity index (χ1v) is 20.7. The van der Waals surface area contributed by atoms with E-state index in [1.807, 2.05) is 83.3 Å². The lowest BCUT2D eigenvalue weighted by molar-refractivity contribution is 1.07. The van der Waals surface area contributed by atoms with Crippen LogP contribution in [-0.4, -0.2) is 19.5 Å². The van der Waals surface area contributed by atoms with E-state index in [-0.39, 0.29) is 0 Å². The minimum Gasteiger partial charge on any atom is -0.309 e. The van der Waals surface area contributed by atoms with Crippen molar-refractivity contribution >= 4 is 84.8 Å². The monoisotopic (exact) mass is 762 g/mol. The number of hydrogen-bond donors (Lipinski definition) is 0. The van der Waals surface area contributed by atoms with Gasteiger partial charge >= 0.3 is 0 Å². The van der Waals surface area contributed by atoms with E-state index in [2.05, 4.69) is 126 Å². The van der Waals surface area contributed by atoms with Crippen LogP contribution in [0, 0.1) is 0 Å². The van der Waals surface area contributed by atoms with Gasteiger partial charge in [-0.05, 0) is 42.0 Å². The van der Waals surface area contributed by atoms with Crippen LogP contribution in [0.25, 0.3) is 113 Å². The fourth-order valence-corrected chi connectivity index (χ4v) is 11.0. The van der Waals surface area contributed by atoms with Gasteiger partial charge < -0.3 is 4.57 Å². The van der Waals surface area contributed by atoms with E-state index in [4.69, 9.17) is 15.0 Å². The minimum atomic E-state index is 0.663. The lowest BCUT2D eigenvalue weighted by atomic mass is 9.97. The van der Waals surface area contributed by atoms with Crippen molar-refractivity contribution in [2.24, 2.45) is 0 Å². The summed E-state index contributed by atoms with van der Waals surface area (Å²) in [5, 5.41) is 7.63. The number of hydrogen-bond acceptors (Lipinski definition) is 5. The van der Waals surface area contributed by atoms with Crippen molar-refractivity contribution < 1.29 is 0 Å². The number of rotatable bonds is 5. The molecule has 8 aromatic carbocycles. The Bertz CT molecular complexity index is 3410. The summed E-state index contributed by atoms with van der Waals surface area (Å²) in [5.41, 5.74) is 9.06. The Morgan fingerprint density at radius 3 is 1.58 bits per heavy atom. The van der Waals surface area contributed by atoms with E-state index in [1.54, 1.807) is 0 Å². The highest BCUT2D eigenvalue weighted by atomic mass is 32.1. The second kappa shape index (κ2) is 12.8. The Balaban J connectivity index is 1.03. The molecule has 4 aromatic heterocycles. The maximum Gasteiger partial charge on any atom is 0.164 e. The standard InChI is InChI=1S/C51H30N4S2/c1-3-14-31(15-4-1)49-52-50(32-16-5-2-6-17-32)54-51(53-49)33-28-29-38-45(30-33)56-43-26-12-20-36(46(38)43)37-21-11-22-39-47-42(25-13-27-44(47)57-48(37)39)55-40-23-9-7-18-34(40)35-19-8-10-24-41(35)55/h1-30H. The molecule has 4 heterocycles. The SMILES string of the molecule is c1ccc(-c2nc(-c3ccccc3)nc(-c3ccc4c(c3)sc3cccc(-c5cccc6c5sc5cccc(-n7c8ccccc8c8ccccc87)c56)c34)n2)cc1. The highest BCUT2D eigenvalue weighted by Gasteiger charge is 2.20. The lowest BCUT2D eigenvalue weighted by Crippen LogP contribution is -1.99. The van der Waals surface area contributed by atoms with Gasteiger partial charge in [-0.2, -0.15) is 0 Å². The molecule has 6 heteroatoms. The third-order valence-corrected chi connectivity index (χ3v) is 13.4. The molecule has 0 unspecified atom stereocenters. The first kappa shape index (κ1) is 32.3. The Morgan fingerprint density at radius 2 is 0.895 bits per heavy atom. The molecule has 266 valence electrons. The van der Waals surface area contributed by atoms with E-state index in [0.717, 1.165) is 16.7 Å². The number of fused-ring (bicyclic) bond motifs is 9. The Morgan fingerprint density at radius 1 is 0.351 bits per heavy atom. The molecule has 0 bridgehead atoms. The first-order chi connectivity index (χ1) is 28.3. The molecule has 0 N–H and O–H groups in total. The molecule has 0 amide bonds. The van der Waals surface area contributed by atoms with Crippen molar-refractivity contribution in [3.05, 3.63) is 182 Å². The molecule has 12 aromatic rings. The van der Waals surface area contributed by atoms with Crippen LogP contribution in [0.5, 0.6) is 0 Å². The van der Waals surface area contributed by atoms with Gasteiger partial charge in [0.2, 0.25) is 0 Å². The summed E-state index contributed by atoms with van der Waals surface area (Å²) in [7, 11) is 0. The van der Waals surface area contributed by atoms with E-state index in [9.17, 15) is 0 Å². The van der Waals surface area contributed by atoms with Gasteiger partial charge in [0.1, 0.15) is 0 Å². The van der Waals surface area contributed by atoms with Crippen molar-refractivity contribution in [3.63, 3.8) is 0 Å². The molecule has 0 fully saturated rings. The Kier molecular flexibility index (Phi) is 7.24. The van der Waals surface area contributed by atoms with Gasteiger partial charge in [-0.1, -0.05) is 146 Å². The highest BCUT2D eigenvalue weighted by molar-refractivity contribution is 7.27. The van der Waals surface area contributed by atoms with Crippen LogP contribution in [0.15, 0.2) is 182 Å². The van der Waals surface area contributed by atoms with E-state index >= 15 is 0 Å². The lowest BCUT2D eigenvalue weighted by Gasteiger charge is -2.11. The molecule has 0 saturated heterocycles. The van der Waals surface area contributed by atoms with E-state index in [0.29, 0.717) is 17.5 Å². The molecule has 0 aliphatic rings. The zero-order valence-corrected chi connectivity index (χ0v) is 32.1. The predicted molar refractivity (Wildman–Crippen MR) is 242 cm³/mol. The fourth-order valence-electron chi connectivity index (χ4n) is 8.54. The molecular weight excluding hydrogens is 733 g/mol. The van der Waals surface area contributed by atoms with Crippen LogP contribution < -0.4 is 0 Å². The number of para-hydroxylation sites is 2. The molecule has 0 aliphatic carbocycles.